The first-order valence-electron chi connectivity index (χ1n) is 5.76. The van der Waals surface area contributed by atoms with Crippen molar-refractivity contribution in [2.75, 3.05) is 10.6 Å². The topological polar surface area (TPSA) is 41.1 Å². The number of hydrogen-bond donors (Lipinski definition) is 2. The number of carbonyl (C=O) groups is 1. The van der Waals surface area contributed by atoms with Crippen LogP contribution < -0.4 is 10.6 Å². The van der Waals surface area contributed by atoms with Gasteiger partial charge in [0.2, 0.25) is 0 Å². The Morgan fingerprint density at radius 2 is 1.89 bits per heavy atom. The summed E-state index contributed by atoms with van der Waals surface area (Å²) in [6.45, 7) is 0. The van der Waals surface area contributed by atoms with Gasteiger partial charge in [0.15, 0.2) is 0 Å². The number of amides is 1. The molecule has 1 aliphatic rings. The summed E-state index contributed by atoms with van der Waals surface area (Å²) >= 11 is 6.91. The Hall–Kier alpha value is -1.33. The molecule has 0 spiro atoms. The summed E-state index contributed by atoms with van der Waals surface area (Å²) in [5.74, 6) is -0.0342. The highest BCUT2D eigenvalue weighted by Gasteiger charge is 2.30. The average molecular weight is 382 g/mol. The number of para-hydroxylation sites is 1. The van der Waals surface area contributed by atoms with Gasteiger partial charge in [0, 0.05) is 20.2 Å². The zero-order valence-electron chi connectivity index (χ0n) is 9.78. The highest BCUT2D eigenvalue weighted by molar-refractivity contribution is 9.11. The third kappa shape index (κ3) is 2.40. The van der Waals surface area contributed by atoms with Crippen molar-refractivity contribution in [1.82, 2.24) is 0 Å². The van der Waals surface area contributed by atoms with Gasteiger partial charge < -0.3 is 10.6 Å². The van der Waals surface area contributed by atoms with Crippen LogP contribution in [0.15, 0.2) is 51.4 Å². The quantitative estimate of drug-likeness (QED) is 0.813. The largest absolute Gasteiger partial charge is 0.369 e. The average Bonchev–Trinajstić information content (AvgIpc) is 2.71. The smallest absolute Gasteiger partial charge is 0.251 e. The number of nitrogens with one attached hydrogen (secondary N) is 2. The van der Waals surface area contributed by atoms with E-state index >= 15 is 0 Å². The van der Waals surface area contributed by atoms with Crippen molar-refractivity contribution in [2.24, 2.45) is 0 Å². The monoisotopic (exact) mass is 380 g/mol. The molecule has 0 aromatic heterocycles. The minimum absolute atomic E-state index is 0.0342. The van der Waals surface area contributed by atoms with E-state index in [4.69, 9.17) is 0 Å². The molecule has 2 aromatic carbocycles. The van der Waals surface area contributed by atoms with Crippen LogP contribution in [0.3, 0.4) is 0 Å². The van der Waals surface area contributed by atoms with Gasteiger partial charge in [-0.2, -0.15) is 0 Å². The van der Waals surface area contributed by atoms with E-state index in [0.717, 1.165) is 25.9 Å². The van der Waals surface area contributed by atoms with Gasteiger partial charge in [-0.05, 0) is 40.2 Å². The minimum Gasteiger partial charge on any atom is -0.369 e. The first-order chi connectivity index (χ1) is 9.15. The lowest BCUT2D eigenvalue weighted by Crippen LogP contribution is -2.19. The number of halogens is 2. The summed E-state index contributed by atoms with van der Waals surface area (Å²) < 4.78 is 1.89. The number of benzene rings is 2. The Kier molecular flexibility index (Phi) is 3.33. The fraction of sp³-hybridized carbons (Fsp3) is 0.0714. The normalized spacial score (nSPS) is 16.9. The van der Waals surface area contributed by atoms with E-state index in [1.54, 1.807) is 0 Å². The van der Waals surface area contributed by atoms with Crippen molar-refractivity contribution in [3.63, 3.8) is 0 Å². The van der Waals surface area contributed by atoms with Crippen LogP contribution in [-0.2, 0) is 4.79 Å². The molecule has 0 saturated heterocycles. The van der Waals surface area contributed by atoms with Gasteiger partial charge in [0.05, 0.1) is 5.69 Å². The Labute approximate surface area is 127 Å². The van der Waals surface area contributed by atoms with E-state index in [9.17, 15) is 4.79 Å². The van der Waals surface area contributed by atoms with Crippen LogP contribution in [0.2, 0.25) is 0 Å². The van der Waals surface area contributed by atoms with E-state index in [-0.39, 0.29) is 11.9 Å². The third-order valence-corrected chi connectivity index (χ3v) is 4.20. The molecule has 1 unspecified atom stereocenters. The fourth-order valence-corrected chi connectivity index (χ4v) is 2.84. The lowest BCUT2D eigenvalue weighted by Gasteiger charge is -2.14. The Morgan fingerprint density at radius 1 is 1.11 bits per heavy atom. The number of hydrogen-bond acceptors (Lipinski definition) is 2. The molecule has 19 heavy (non-hydrogen) atoms. The first-order valence-corrected chi connectivity index (χ1v) is 7.35. The molecule has 0 saturated carbocycles. The predicted octanol–water partition coefficient (Wildman–Crippen LogP) is 4.32. The summed E-state index contributed by atoms with van der Waals surface area (Å²) in [7, 11) is 0. The SMILES string of the molecule is O=C1Nc2ccccc2C1Nc1cc(Br)ccc1Br. The molecule has 0 bridgehead atoms. The molecule has 2 N–H and O–H groups in total. The second-order valence-corrected chi connectivity index (χ2v) is 6.05. The molecular formula is C14H10Br2N2O. The second kappa shape index (κ2) is 4.98. The Balaban J connectivity index is 1.95. The van der Waals surface area contributed by atoms with Crippen molar-refractivity contribution in [2.45, 2.75) is 6.04 Å². The molecule has 0 fully saturated rings. The molecule has 5 heteroatoms. The predicted molar refractivity (Wildman–Crippen MR) is 83.3 cm³/mol. The van der Waals surface area contributed by atoms with Gasteiger partial charge in [-0.15, -0.1) is 0 Å². The first kappa shape index (κ1) is 12.7. The Morgan fingerprint density at radius 3 is 2.74 bits per heavy atom. The van der Waals surface area contributed by atoms with Gasteiger partial charge in [-0.1, -0.05) is 34.1 Å². The number of rotatable bonds is 2. The van der Waals surface area contributed by atoms with Gasteiger partial charge in [-0.25, -0.2) is 0 Å². The van der Waals surface area contributed by atoms with Gasteiger partial charge >= 0.3 is 0 Å². The molecule has 1 aliphatic heterocycles. The van der Waals surface area contributed by atoms with Gasteiger partial charge in [0.25, 0.3) is 5.91 Å². The van der Waals surface area contributed by atoms with Crippen LogP contribution in [-0.4, -0.2) is 5.91 Å². The van der Waals surface area contributed by atoms with E-state index in [0.29, 0.717) is 0 Å². The molecule has 96 valence electrons. The summed E-state index contributed by atoms with van der Waals surface area (Å²) in [5.41, 5.74) is 2.72. The lowest BCUT2D eigenvalue weighted by atomic mass is 10.1. The number of anilines is 2. The zero-order valence-corrected chi connectivity index (χ0v) is 13.0. The standard InChI is InChI=1S/C14H10Br2N2O/c15-8-5-6-10(16)12(7-8)17-13-9-3-1-2-4-11(9)18-14(13)19/h1-7,13,17H,(H,18,19). The van der Waals surface area contributed by atoms with E-state index in [1.807, 2.05) is 42.5 Å². The second-order valence-electron chi connectivity index (χ2n) is 4.28. The van der Waals surface area contributed by atoms with E-state index in [1.165, 1.54) is 0 Å². The molecule has 3 nitrogen and oxygen atoms in total. The Bertz CT molecular complexity index is 658. The van der Waals surface area contributed by atoms with Crippen molar-refractivity contribution in [3.05, 3.63) is 57.0 Å². The molecule has 2 aromatic rings. The maximum atomic E-state index is 12.0. The minimum atomic E-state index is -0.359. The molecule has 0 aliphatic carbocycles. The van der Waals surface area contributed by atoms with Crippen LogP contribution in [0.4, 0.5) is 11.4 Å². The van der Waals surface area contributed by atoms with Gasteiger partial charge in [-0.3, -0.25) is 4.79 Å². The highest BCUT2D eigenvalue weighted by Crippen LogP contribution is 2.35. The van der Waals surface area contributed by atoms with Crippen molar-refractivity contribution in [3.8, 4) is 0 Å². The van der Waals surface area contributed by atoms with E-state index < -0.39 is 0 Å². The summed E-state index contributed by atoms with van der Waals surface area (Å²) in [4.78, 5) is 12.0. The van der Waals surface area contributed by atoms with Crippen LogP contribution >= 0.6 is 31.9 Å². The van der Waals surface area contributed by atoms with Crippen LogP contribution in [0.25, 0.3) is 0 Å². The van der Waals surface area contributed by atoms with Crippen molar-refractivity contribution < 1.29 is 4.79 Å². The zero-order chi connectivity index (χ0) is 13.4. The molecule has 1 heterocycles. The molecule has 0 radical (unpaired) electrons. The van der Waals surface area contributed by atoms with Crippen LogP contribution in [0.1, 0.15) is 11.6 Å². The fourth-order valence-electron chi connectivity index (χ4n) is 2.12. The summed E-state index contributed by atoms with van der Waals surface area (Å²) in [6.07, 6.45) is 0. The molecule has 1 amide bonds. The maximum absolute atomic E-state index is 12.0. The number of fused-ring (bicyclic) bond motifs is 1. The summed E-state index contributed by atoms with van der Waals surface area (Å²) in [5, 5.41) is 6.14. The van der Waals surface area contributed by atoms with Gasteiger partial charge in [0.1, 0.15) is 6.04 Å². The molecular weight excluding hydrogens is 372 g/mol. The van der Waals surface area contributed by atoms with Crippen molar-refractivity contribution >= 4 is 49.1 Å². The number of carbonyl (C=O) groups excluding carboxylic acids is 1. The maximum Gasteiger partial charge on any atom is 0.251 e. The van der Waals surface area contributed by atoms with E-state index in [2.05, 4.69) is 42.5 Å². The molecule has 3 rings (SSSR count). The highest BCUT2D eigenvalue weighted by atomic mass is 79.9. The molecule has 1 atom stereocenters. The summed E-state index contributed by atoms with van der Waals surface area (Å²) in [6, 6.07) is 13.2. The van der Waals surface area contributed by atoms with Crippen molar-refractivity contribution in [1.29, 1.82) is 0 Å². The van der Waals surface area contributed by atoms with Crippen LogP contribution in [0, 0.1) is 0 Å². The lowest BCUT2D eigenvalue weighted by molar-refractivity contribution is -0.116. The third-order valence-electron chi connectivity index (χ3n) is 3.02. The van der Waals surface area contributed by atoms with Crippen LogP contribution in [0.5, 0.6) is 0 Å².